The number of rotatable bonds is 4. The van der Waals surface area contributed by atoms with Crippen LogP contribution in [0.15, 0.2) is 100 Å². The Morgan fingerprint density at radius 3 is 2.44 bits per heavy atom. The molecule has 3 N–H and O–H groups in total. The third kappa shape index (κ3) is 4.08. The predicted octanol–water partition coefficient (Wildman–Crippen LogP) is 5.84. The summed E-state index contributed by atoms with van der Waals surface area (Å²) in [6.45, 7) is 2.00. The van der Waals surface area contributed by atoms with Gasteiger partial charge in [0.2, 0.25) is 0 Å². The molecule has 188 valence electrons. The number of nitrogens with zero attached hydrogens (tertiary/aromatic N) is 4. The van der Waals surface area contributed by atoms with Crippen molar-refractivity contribution in [2.45, 2.75) is 6.92 Å². The largest absolute Gasteiger partial charge is 0.506 e. The molecule has 39 heavy (non-hydrogen) atoms. The number of fused-ring (bicyclic) bond motifs is 1. The van der Waals surface area contributed by atoms with Gasteiger partial charge >= 0.3 is 5.63 Å². The lowest BCUT2D eigenvalue weighted by Gasteiger charge is -2.11. The van der Waals surface area contributed by atoms with Crippen LogP contribution in [0.4, 0.5) is 5.82 Å². The quantitative estimate of drug-likeness (QED) is 0.284. The number of nitriles is 1. The molecule has 0 saturated heterocycles. The number of para-hydroxylation sites is 2. The van der Waals surface area contributed by atoms with Crippen molar-refractivity contribution in [1.29, 1.82) is 5.26 Å². The first kappa shape index (κ1) is 23.7. The number of hydrogen-bond acceptors (Lipinski definition) is 7. The Kier molecular flexibility index (Phi) is 5.67. The third-order valence-corrected chi connectivity index (χ3v) is 6.55. The van der Waals surface area contributed by atoms with Gasteiger partial charge in [0, 0.05) is 22.9 Å². The van der Waals surface area contributed by atoms with Crippen LogP contribution in [0.3, 0.4) is 0 Å². The average molecular weight is 512 g/mol. The van der Waals surface area contributed by atoms with Crippen molar-refractivity contribution in [3.63, 3.8) is 0 Å². The van der Waals surface area contributed by atoms with E-state index in [0.29, 0.717) is 22.2 Å². The molecular formula is C31H21N5O3. The molecule has 0 atom stereocenters. The molecule has 0 unspecified atom stereocenters. The van der Waals surface area contributed by atoms with E-state index in [2.05, 4.69) is 11.1 Å². The number of aryl methyl sites for hydroxylation is 1. The van der Waals surface area contributed by atoms with Crippen molar-refractivity contribution in [1.82, 2.24) is 14.8 Å². The van der Waals surface area contributed by atoms with Crippen molar-refractivity contribution < 1.29 is 9.52 Å². The summed E-state index contributed by atoms with van der Waals surface area (Å²) in [7, 11) is 0. The van der Waals surface area contributed by atoms with E-state index in [1.807, 2.05) is 67.7 Å². The molecule has 0 amide bonds. The lowest BCUT2D eigenvalue weighted by atomic mass is 9.96. The Labute approximate surface area is 222 Å². The summed E-state index contributed by atoms with van der Waals surface area (Å²) in [4.78, 5) is 17.3. The maximum atomic E-state index is 13.0. The molecule has 0 saturated carbocycles. The molecule has 0 bridgehead atoms. The van der Waals surface area contributed by atoms with Crippen LogP contribution in [0.5, 0.6) is 5.75 Å². The van der Waals surface area contributed by atoms with E-state index in [0.717, 1.165) is 16.8 Å². The molecule has 6 aromatic rings. The van der Waals surface area contributed by atoms with Crippen LogP contribution in [0.2, 0.25) is 0 Å². The smallest absolute Gasteiger partial charge is 0.349 e. The monoisotopic (exact) mass is 511 g/mol. The Hall–Kier alpha value is -5.68. The van der Waals surface area contributed by atoms with Crippen LogP contribution in [0, 0.1) is 18.3 Å². The van der Waals surface area contributed by atoms with Gasteiger partial charge in [-0.15, -0.1) is 0 Å². The fourth-order valence-corrected chi connectivity index (χ4v) is 4.59. The Morgan fingerprint density at radius 2 is 1.69 bits per heavy atom. The summed E-state index contributed by atoms with van der Waals surface area (Å²) < 4.78 is 7.18. The normalized spacial score (nSPS) is 11.0. The summed E-state index contributed by atoms with van der Waals surface area (Å²) in [5, 5.41) is 26.3. The van der Waals surface area contributed by atoms with Gasteiger partial charge in [-0.05, 0) is 37.3 Å². The summed E-state index contributed by atoms with van der Waals surface area (Å²) in [5.41, 5.74) is 10.2. The van der Waals surface area contributed by atoms with Crippen molar-refractivity contribution in [3.8, 4) is 51.1 Å². The molecule has 0 aliphatic rings. The molecule has 8 nitrogen and oxygen atoms in total. The zero-order chi connectivity index (χ0) is 27.1. The maximum Gasteiger partial charge on any atom is 0.349 e. The van der Waals surface area contributed by atoms with E-state index in [9.17, 15) is 15.2 Å². The Balaban J connectivity index is 1.64. The first-order chi connectivity index (χ1) is 18.9. The zero-order valence-corrected chi connectivity index (χ0v) is 20.8. The molecule has 0 aliphatic heterocycles. The summed E-state index contributed by atoms with van der Waals surface area (Å²) in [6.07, 6.45) is 1.81. The number of anilines is 1. The molecular weight excluding hydrogens is 490 g/mol. The lowest BCUT2D eigenvalue weighted by molar-refractivity contribution is 0.471. The zero-order valence-electron chi connectivity index (χ0n) is 20.8. The number of benzene rings is 3. The topological polar surface area (TPSA) is 131 Å². The molecule has 0 radical (unpaired) electrons. The van der Waals surface area contributed by atoms with Crippen LogP contribution >= 0.6 is 0 Å². The molecule has 0 spiro atoms. The van der Waals surface area contributed by atoms with Gasteiger partial charge in [0.1, 0.15) is 40.0 Å². The van der Waals surface area contributed by atoms with Gasteiger partial charge in [-0.2, -0.15) is 10.4 Å². The fraction of sp³-hybridized carbons (Fsp3) is 0.0323. The highest BCUT2D eigenvalue weighted by Crippen LogP contribution is 2.39. The van der Waals surface area contributed by atoms with Gasteiger partial charge in [-0.1, -0.05) is 60.2 Å². The summed E-state index contributed by atoms with van der Waals surface area (Å²) in [5.74, 6) is -0.359. The molecule has 8 heteroatoms. The first-order valence-corrected chi connectivity index (χ1v) is 12.1. The molecule has 3 heterocycles. The van der Waals surface area contributed by atoms with Crippen molar-refractivity contribution >= 4 is 16.8 Å². The van der Waals surface area contributed by atoms with Crippen molar-refractivity contribution in [2.24, 2.45) is 0 Å². The number of nitrogen functional groups attached to an aromatic ring is 1. The second kappa shape index (κ2) is 9.32. The van der Waals surface area contributed by atoms with Gasteiger partial charge in [0.15, 0.2) is 0 Å². The molecule has 6 rings (SSSR count). The van der Waals surface area contributed by atoms with Gasteiger partial charge in [0.05, 0.1) is 16.8 Å². The highest BCUT2D eigenvalue weighted by molar-refractivity contribution is 5.92. The molecule has 3 aromatic heterocycles. The van der Waals surface area contributed by atoms with Crippen molar-refractivity contribution in [3.05, 3.63) is 113 Å². The second-order valence-corrected chi connectivity index (χ2v) is 9.07. The van der Waals surface area contributed by atoms with E-state index in [4.69, 9.17) is 15.2 Å². The van der Waals surface area contributed by atoms with E-state index >= 15 is 0 Å². The number of hydrogen-bond donors (Lipinski definition) is 2. The fourth-order valence-electron chi connectivity index (χ4n) is 4.59. The van der Waals surface area contributed by atoms with Crippen LogP contribution in [-0.4, -0.2) is 19.9 Å². The van der Waals surface area contributed by atoms with Crippen LogP contribution < -0.4 is 11.4 Å². The summed E-state index contributed by atoms with van der Waals surface area (Å²) >= 11 is 0. The van der Waals surface area contributed by atoms with Gasteiger partial charge in [-0.3, -0.25) is 0 Å². The van der Waals surface area contributed by atoms with E-state index in [1.165, 1.54) is 0 Å². The molecule has 0 aliphatic carbocycles. The molecule has 3 aromatic carbocycles. The van der Waals surface area contributed by atoms with Crippen LogP contribution in [0.25, 0.3) is 50.3 Å². The highest BCUT2D eigenvalue weighted by Gasteiger charge is 2.24. The van der Waals surface area contributed by atoms with Crippen LogP contribution in [0.1, 0.15) is 11.1 Å². The Morgan fingerprint density at radius 1 is 0.974 bits per heavy atom. The van der Waals surface area contributed by atoms with Gasteiger partial charge < -0.3 is 15.3 Å². The van der Waals surface area contributed by atoms with E-state index in [-0.39, 0.29) is 34.0 Å². The minimum absolute atomic E-state index is 0.0840. The number of aromatic hydroxyl groups is 1. The first-order valence-electron chi connectivity index (χ1n) is 12.1. The summed E-state index contributed by atoms with van der Waals surface area (Å²) in [6, 6.07) is 27.8. The lowest BCUT2D eigenvalue weighted by Crippen LogP contribution is -2.07. The Bertz CT molecular complexity index is 1970. The minimum atomic E-state index is -0.771. The number of pyridine rings is 1. The van der Waals surface area contributed by atoms with Gasteiger partial charge in [-0.25, -0.2) is 14.5 Å². The van der Waals surface area contributed by atoms with E-state index in [1.54, 1.807) is 35.0 Å². The third-order valence-electron chi connectivity index (χ3n) is 6.55. The van der Waals surface area contributed by atoms with Crippen molar-refractivity contribution in [2.75, 3.05) is 5.73 Å². The molecule has 0 fully saturated rings. The standard InChI is InChI=1S/C31H21N5O3/c1-18-11-13-19(14-12-18)28-24(17-36(35-28)20-7-3-2-4-8-20)22-15-25(34-30(33)23(22)16-32)27-29(37)21-9-5-6-10-26(21)39-31(27)38/h2-15,17,37H,1H3,(H2,33,34). The number of aromatic nitrogens is 3. The maximum absolute atomic E-state index is 13.0. The van der Waals surface area contributed by atoms with Crippen LogP contribution in [-0.2, 0) is 0 Å². The second-order valence-electron chi connectivity index (χ2n) is 9.07. The van der Waals surface area contributed by atoms with E-state index < -0.39 is 5.63 Å². The highest BCUT2D eigenvalue weighted by atomic mass is 16.4. The minimum Gasteiger partial charge on any atom is -0.506 e. The number of nitrogens with two attached hydrogens (primary N) is 1. The predicted molar refractivity (Wildman–Crippen MR) is 149 cm³/mol. The average Bonchev–Trinajstić information content (AvgIpc) is 3.39. The van der Waals surface area contributed by atoms with Gasteiger partial charge in [0.25, 0.3) is 0 Å². The SMILES string of the molecule is Cc1ccc(-c2nn(-c3ccccc3)cc2-c2cc(-c3c(O)c4ccccc4oc3=O)nc(N)c2C#N)cc1.